The fourth-order valence-corrected chi connectivity index (χ4v) is 4.50. The number of allylic oxidation sites excluding steroid dienone is 1. The van der Waals surface area contributed by atoms with Crippen molar-refractivity contribution in [2.24, 2.45) is 0 Å². The number of amides is 1. The zero-order valence-electron chi connectivity index (χ0n) is 20.9. The zero-order valence-corrected chi connectivity index (χ0v) is 21.7. The molecule has 1 aliphatic rings. The highest BCUT2D eigenvalue weighted by Crippen LogP contribution is 2.32. The summed E-state index contributed by atoms with van der Waals surface area (Å²) in [5.41, 5.74) is 8.10. The maximum atomic E-state index is 12.8. The number of likely N-dealkylation sites (N-methyl/N-ethyl adjacent to an activating group) is 1. The van der Waals surface area contributed by atoms with Gasteiger partial charge in [-0.3, -0.25) is 9.59 Å². The second kappa shape index (κ2) is 11.1. The molecule has 0 saturated carbocycles. The van der Waals surface area contributed by atoms with Crippen LogP contribution < -0.4 is 5.73 Å². The first-order valence-corrected chi connectivity index (χ1v) is 12.7. The molecule has 9 nitrogen and oxygen atoms in total. The number of aryl methyl sites for hydroxylation is 1. The van der Waals surface area contributed by atoms with Crippen molar-refractivity contribution in [3.05, 3.63) is 76.9 Å². The van der Waals surface area contributed by atoms with Gasteiger partial charge in [0.1, 0.15) is 11.6 Å². The maximum absolute atomic E-state index is 12.8. The summed E-state index contributed by atoms with van der Waals surface area (Å²) in [4.78, 5) is 42.0. The molecule has 3 aromatic heterocycles. The molecule has 1 aromatic carbocycles. The van der Waals surface area contributed by atoms with Gasteiger partial charge in [-0.2, -0.15) is 0 Å². The van der Waals surface area contributed by atoms with E-state index in [2.05, 4.69) is 19.9 Å². The molecule has 194 valence electrons. The van der Waals surface area contributed by atoms with E-state index in [9.17, 15) is 9.59 Å². The Kier molecular flexibility index (Phi) is 7.48. The van der Waals surface area contributed by atoms with Crippen LogP contribution in [0.15, 0.2) is 59.4 Å². The summed E-state index contributed by atoms with van der Waals surface area (Å²) in [5, 5.41) is 1.21. The van der Waals surface area contributed by atoms with Crippen LogP contribution in [0, 0.1) is 0 Å². The number of hydrogen-bond donors (Lipinski definition) is 1. The predicted octanol–water partition coefficient (Wildman–Crippen LogP) is 4.12. The third-order valence-electron chi connectivity index (χ3n) is 6.46. The van der Waals surface area contributed by atoms with Crippen LogP contribution in [0.3, 0.4) is 0 Å². The number of rotatable bonds is 7. The van der Waals surface area contributed by atoms with Crippen LogP contribution in [0.2, 0.25) is 5.02 Å². The number of furan rings is 1. The lowest BCUT2D eigenvalue weighted by molar-refractivity contribution is -0.114. The molecule has 0 spiro atoms. The molecule has 2 N–H and O–H groups in total. The van der Waals surface area contributed by atoms with E-state index in [-0.39, 0.29) is 18.1 Å². The van der Waals surface area contributed by atoms with Gasteiger partial charge in [-0.25, -0.2) is 15.0 Å². The lowest BCUT2D eigenvalue weighted by Crippen LogP contribution is -2.47. The summed E-state index contributed by atoms with van der Waals surface area (Å²) in [7, 11) is 2.05. The predicted molar refractivity (Wildman–Crippen MR) is 147 cm³/mol. The van der Waals surface area contributed by atoms with Gasteiger partial charge in [0, 0.05) is 68.6 Å². The Hall–Kier alpha value is -4.08. The molecule has 0 radical (unpaired) electrons. The van der Waals surface area contributed by atoms with Crippen LogP contribution in [0.5, 0.6) is 0 Å². The van der Waals surface area contributed by atoms with Crippen molar-refractivity contribution in [3.8, 4) is 11.4 Å². The fraction of sp³-hybridized carbons (Fsp3) is 0.250. The summed E-state index contributed by atoms with van der Waals surface area (Å²) in [5.74, 6) is 1.45. The molecule has 10 heteroatoms. The van der Waals surface area contributed by atoms with Gasteiger partial charge in [-0.1, -0.05) is 11.6 Å². The maximum Gasteiger partial charge on any atom is 0.257 e. The summed E-state index contributed by atoms with van der Waals surface area (Å²) >= 11 is 6.50. The van der Waals surface area contributed by atoms with Crippen molar-refractivity contribution in [3.63, 3.8) is 0 Å². The van der Waals surface area contributed by atoms with Crippen LogP contribution in [0.4, 0.5) is 5.82 Å². The van der Waals surface area contributed by atoms with Gasteiger partial charge in [-0.15, -0.1) is 0 Å². The summed E-state index contributed by atoms with van der Waals surface area (Å²) in [6.45, 7) is 3.08. The molecule has 1 aliphatic heterocycles. The molecular weight excluding hydrogens is 504 g/mol. The number of carbonyl (C=O) groups excluding carboxylic acids is 2. The molecule has 1 fully saturated rings. The lowest BCUT2D eigenvalue weighted by Gasteiger charge is -2.32. The van der Waals surface area contributed by atoms with Gasteiger partial charge in [0.25, 0.3) is 5.91 Å². The van der Waals surface area contributed by atoms with E-state index in [1.807, 2.05) is 24.1 Å². The number of fused-ring (bicyclic) bond motifs is 1. The minimum atomic E-state index is -0.0628. The third kappa shape index (κ3) is 5.90. The van der Waals surface area contributed by atoms with E-state index < -0.39 is 0 Å². The Morgan fingerprint density at radius 1 is 1.05 bits per heavy atom. The normalized spacial score (nSPS) is 14.4. The van der Waals surface area contributed by atoms with Crippen LogP contribution in [-0.2, 0) is 11.2 Å². The molecule has 4 aromatic rings. The second-order valence-electron chi connectivity index (χ2n) is 9.30. The quantitative estimate of drug-likeness (QED) is 0.354. The first-order chi connectivity index (χ1) is 18.4. The Bertz CT molecular complexity index is 1490. The highest BCUT2D eigenvalue weighted by Gasteiger charge is 2.21. The number of piperazine rings is 1. The van der Waals surface area contributed by atoms with E-state index in [0.717, 1.165) is 24.0 Å². The van der Waals surface area contributed by atoms with Crippen LogP contribution in [0.25, 0.3) is 28.4 Å². The summed E-state index contributed by atoms with van der Waals surface area (Å²) in [6, 6.07) is 8.99. The highest BCUT2D eigenvalue weighted by atomic mass is 35.5. The Morgan fingerprint density at radius 2 is 1.82 bits per heavy atom. The summed E-state index contributed by atoms with van der Waals surface area (Å²) in [6.07, 6.45) is 8.68. The van der Waals surface area contributed by atoms with E-state index in [1.54, 1.807) is 42.9 Å². The van der Waals surface area contributed by atoms with Crippen molar-refractivity contribution in [1.29, 1.82) is 0 Å². The first-order valence-electron chi connectivity index (χ1n) is 12.3. The van der Waals surface area contributed by atoms with Gasteiger partial charge in [-0.05, 0) is 55.1 Å². The summed E-state index contributed by atoms with van der Waals surface area (Å²) < 4.78 is 5.91. The Labute approximate surface area is 224 Å². The minimum Gasteiger partial charge on any atom is -0.459 e. The van der Waals surface area contributed by atoms with Crippen molar-refractivity contribution < 1.29 is 14.0 Å². The number of pyridine rings is 1. The average molecular weight is 531 g/mol. The van der Waals surface area contributed by atoms with Gasteiger partial charge in [0.05, 0.1) is 10.6 Å². The number of nitrogens with zero attached hydrogens (tertiary/aromatic N) is 5. The monoisotopic (exact) mass is 530 g/mol. The van der Waals surface area contributed by atoms with Gasteiger partial charge < -0.3 is 20.0 Å². The molecule has 0 unspecified atom stereocenters. The number of nitrogen functional groups attached to an aromatic ring is 1. The highest BCUT2D eigenvalue weighted by molar-refractivity contribution is 6.35. The fourth-order valence-electron chi connectivity index (χ4n) is 4.23. The van der Waals surface area contributed by atoms with Gasteiger partial charge in [0.15, 0.2) is 17.2 Å². The number of nitrogens with two attached hydrogens (primary N) is 1. The molecule has 0 atom stereocenters. The van der Waals surface area contributed by atoms with Crippen molar-refractivity contribution >= 4 is 46.2 Å². The SMILES string of the molecule is CN1CCN(C(=O)c2cnc(-c3cc(Cl)c4oc(CCC(=O)/C=C/c5ccc(N)nc5)cc4c3)nc2)CC1. The van der Waals surface area contributed by atoms with Crippen molar-refractivity contribution in [2.75, 3.05) is 39.0 Å². The minimum absolute atomic E-state index is 0.0336. The number of aromatic nitrogens is 3. The lowest BCUT2D eigenvalue weighted by atomic mass is 10.1. The molecule has 38 heavy (non-hydrogen) atoms. The van der Waals surface area contributed by atoms with Gasteiger partial charge in [0.2, 0.25) is 0 Å². The molecule has 4 heterocycles. The van der Waals surface area contributed by atoms with Crippen molar-refractivity contribution in [1.82, 2.24) is 24.8 Å². The molecule has 0 aliphatic carbocycles. The number of ketones is 1. The zero-order chi connectivity index (χ0) is 26.6. The van der Waals surface area contributed by atoms with Crippen LogP contribution in [0.1, 0.15) is 28.1 Å². The Morgan fingerprint density at radius 3 is 2.53 bits per heavy atom. The average Bonchev–Trinajstić information content (AvgIpc) is 3.35. The standard InChI is InChI=1S/C28H27ClN6O3/c1-34-8-10-35(11-9-34)28(37)21-16-32-27(33-17-21)20-12-19-13-23(38-26(19)24(29)14-20)6-5-22(36)4-2-18-3-7-25(30)31-15-18/h2-4,7,12-17H,5-6,8-11H2,1H3,(H2,30,31)/b4-2+. The Balaban J connectivity index is 1.25. The molecule has 5 rings (SSSR count). The van der Waals surface area contributed by atoms with Crippen LogP contribution >= 0.6 is 11.6 Å². The van der Waals surface area contributed by atoms with E-state index >= 15 is 0 Å². The van der Waals surface area contributed by atoms with Crippen LogP contribution in [-0.4, -0.2) is 69.7 Å². The third-order valence-corrected chi connectivity index (χ3v) is 6.74. The second-order valence-corrected chi connectivity index (χ2v) is 9.70. The van der Waals surface area contributed by atoms with Gasteiger partial charge >= 0.3 is 0 Å². The number of carbonyl (C=O) groups is 2. The molecule has 0 bridgehead atoms. The first kappa shape index (κ1) is 25.6. The number of hydrogen-bond acceptors (Lipinski definition) is 8. The van der Waals surface area contributed by atoms with Crippen molar-refractivity contribution in [2.45, 2.75) is 12.8 Å². The van der Waals surface area contributed by atoms with E-state index in [1.165, 1.54) is 6.08 Å². The van der Waals surface area contributed by atoms with E-state index in [4.69, 9.17) is 21.8 Å². The number of anilines is 1. The molecule has 1 saturated heterocycles. The van der Waals surface area contributed by atoms with E-state index in [0.29, 0.717) is 58.6 Å². The number of benzene rings is 1. The number of halogens is 1. The topological polar surface area (TPSA) is 118 Å². The largest absolute Gasteiger partial charge is 0.459 e. The molecule has 1 amide bonds. The molecular formula is C28H27ClN6O3. The smallest absolute Gasteiger partial charge is 0.257 e.